The fraction of sp³-hybridized carbons (Fsp3) is 0.294. The van der Waals surface area contributed by atoms with E-state index >= 15 is 0 Å². The first-order valence-corrected chi connectivity index (χ1v) is 6.70. The standard InChI is InChI=1S/C13H17NO2.C4H6O2/c1-8(13(14)16)4-5-11-6-9(2)12(15)10(3)7-11;1-3(2)4(5)6/h4,6-7,15H,5H2,1-3H3,(H2,14,16);1H2,2H3,(H,5,6)/b8-4+;. The molecule has 0 fully saturated rings. The van der Waals surface area contributed by atoms with Crippen molar-refractivity contribution in [1.29, 1.82) is 0 Å². The van der Waals surface area contributed by atoms with Gasteiger partial charge in [-0.15, -0.1) is 0 Å². The molecule has 0 radical (unpaired) electrons. The van der Waals surface area contributed by atoms with Gasteiger partial charge in [0.05, 0.1) is 0 Å². The molecule has 0 atom stereocenters. The lowest BCUT2D eigenvalue weighted by Crippen LogP contribution is -2.11. The Morgan fingerprint density at radius 3 is 1.95 bits per heavy atom. The first kappa shape index (κ1) is 19.4. The van der Waals surface area contributed by atoms with E-state index in [-0.39, 0.29) is 5.57 Å². The van der Waals surface area contributed by atoms with Gasteiger partial charge in [-0.3, -0.25) is 4.79 Å². The number of carbonyl (C=O) groups is 2. The molecule has 0 heterocycles. The number of hydrogen-bond acceptors (Lipinski definition) is 3. The number of rotatable bonds is 4. The third-order valence-electron chi connectivity index (χ3n) is 2.95. The summed E-state index contributed by atoms with van der Waals surface area (Å²) in [5, 5.41) is 17.5. The lowest BCUT2D eigenvalue weighted by atomic mass is 10.0. The van der Waals surface area contributed by atoms with E-state index < -0.39 is 11.9 Å². The van der Waals surface area contributed by atoms with Crippen molar-refractivity contribution >= 4 is 11.9 Å². The van der Waals surface area contributed by atoms with Crippen molar-refractivity contribution < 1.29 is 19.8 Å². The first-order valence-electron chi connectivity index (χ1n) is 6.70. The number of primary amides is 1. The molecule has 0 aromatic heterocycles. The number of phenols is 1. The third-order valence-corrected chi connectivity index (χ3v) is 2.95. The van der Waals surface area contributed by atoms with Crippen LogP contribution in [0.3, 0.4) is 0 Å². The van der Waals surface area contributed by atoms with E-state index in [1.165, 1.54) is 6.92 Å². The van der Waals surface area contributed by atoms with Crippen LogP contribution in [-0.4, -0.2) is 22.1 Å². The Labute approximate surface area is 130 Å². The number of benzene rings is 1. The van der Waals surface area contributed by atoms with Crippen molar-refractivity contribution in [2.45, 2.75) is 34.1 Å². The van der Waals surface area contributed by atoms with Crippen LogP contribution in [-0.2, 0) is 16.0 Å². The van der Waals surface area contributed by atoms with Crippen molar-refractivity contribution in [3.8, 4) is 5.75 Å². The summed E-state index contributed by atoms with van der Waals surface area (Å²) in [6.45, 7) is 10.0. The van der Waals surface area contributed by atoms with E-state index in [2.05, 4.69) is 6.58 Å². The summed E-state index contributed by atoms with van der Waals surface area (Å²) >= 11 is 0. The Hall–Kier alpha value is -2.56. The Balaban J connectivity index is 0.000000626. The summed E-state index contributed by atoms with van der Waals surface area (Å²) in [6, 6.07) is 3.82. The molecule has 0 aliphatic heterocycles. The molecule has 1 amide bonds. The van der Waals surface area contributed by atoms with Gasteiger partial charge in [0.1, 0.15) is 5.75 Å². The highest BCUT2D eigenvalue weighted by Gasteiger charge is 2.03. The monoisotopic (exact) mass is 305 g/mol. The fourth-order valence-electron chi connectivity index (χ4n) is 1.53. The number of allylic oxidation sites excluding steroid dienone is 1. The van der Waals surface area contributed by atoms with Gasteiger partial charge in [-0.2, -0.15) is 0 Å². The van der Waals surface area contributed by atoms with Crippen LogP contribution in [0.4, 0.5) is 0 Å². The molecule has 0 aliphatic carbocycles. The predicted molar refractivity (Wildman–Crippen MR) is 86.7 cm³/mol. The number of aryl methyl sites for hydroxylation is 2. The van der Waals surface area contributed by atoms with E-state index in [9.17, 15) is 14.7 Å². The van der Waals surface area contributed by atoms with Gasteiger partial charge >= 0.3 is 5.97 Å². The molecular formula is C17H23NO4. The third kappa shape index (κ3) is 6.74. The summed E-state index contributed by atoms with van der Waals surface area (Å²) < 4.78 is 0. The predicted octanol–water partition coefficient (Wildman–Crippen LogP) is 2.63. The summed E-state index contributed by atoms with van der Waals surface area (Å²) in [7, 11) is 0. The minimum Gasteiger partial charge on any atom is -0.507 e. The number of aromatic hydroxyl groups is 1. The van der Waals surface area contributed by atoms with Crippen molar-refractivity contribution in [3.05, 3.63) is 52.6 Å². The molecule has 0 saturated carbocycles. The largest absolute Gasteiger partial charge is 0.507 e. The van der Waals surface area contributed by atoms with Crippen LogP contribution in [0.25, 0.3) is 0 Å². The average molecular weight is 305 g/mol. The lowest BCUT2D eigenvalue weighted by Gasteiger charge is -2.06. The number of carboxylic acids is 1. The molecule has 22 heavy (non-hydrogen) atoms. The van der Waals surface area contributed by atoms with Gasteiger partial charge in [0.2, 0.25) is 5.91 Å². The summed E-state index contributed by atoms with van der Waals surface area (Å²) in [6.07, 6.45) is 2.45. The number of nitrogens with two attached hydrogens (primary N) is 1. The minimum absolute atomic E-state index is 0.176. The molecule has 4 N–H and O–H groups in total. The number of carbonyl (C=O) groups excluding carboxylic acids is 1. The molecule has 1 aromatic rings. The average Bonchev–Trinajstić information content (AvgIpc) is 2.42. The van der Waals surface area contributed by atoms with E-state index in [1.807, 2.05) is 26.0 Å². The molecular weight excluding hydrogens is 282 g/mol. The zero-order valence-electron chi connectivity index (χ0n) is 13.4. The van der Waals surface area contributed by atoms with Crippen LogP contribution in [0.1, 0.15) is 30.5 Å². The molecule has 5 nitrogen and oxygen atoms in total. The van der Waals surface area contributed by atoms with Crippen molar-refractivity contribution in [2.75, 3.05) is 0 Å². The van der Waals surface area contributed by atoms with Crippen LogP contribution < -0.4 is 5.73 Å². The number of phenolic OH excluding ortho intramolecular Hbond substituents is 1. The smallest absolute Gasteiger partial charge is 0.330 e. The Morgan fingerprint density at radius 2 is 1.64 bits per heavy atom. The van der Waals surface area contributed by atoms with Crippen LogP contribution in [0, 0.1) is 13.8 Å². The van der Waals surface area contributed by atoms with Crippen LogP contribution >= 0.6 is 0 Å². The zero-order valence-corrected chi connectivity index (χ0v) is 13.4. The zero-order chi connectivity index (χ0) is 17.4. The second-order valence-electron chi connectivity index (χ2n) is 5.12. The van der Waals surface area contributed by atoms with Gasteiger partial charge in [-0.1, -0.05) is 24.8 Å². The summed E-state index contributed by atoms with van der Waals surface area (Å²) in [5.41, 5.74) is 8.63. The molecule has 0 spiro atoms. The molecule has 1 aromatic carbocycles. The SMILES string of the molecule is C/C(=C\Cc1cc(C)c(O)c(C)c1)C(N)=O.C=C(C)C(=O)O. The van der Waals surface area contributed by atoms with Crippen LogP contribution in [0.2, 0.25) is 0 Å². The Bertz CT molecular complexity index is 580. The van der Waals surface area contributed by atoms with Gasteiger partial charge in [-0.05, 0) is 50.8 Å². The number of hydrogen-bond donors (Lipinski definition) is 3. The first-order chi connectivity index (χ1) is 10.1. The molecule has 120 valence electrons. The quantitative estimate of drug-likeness (QED) is 0.744. The minimum atomic E-state index is -0.935. The molecule has 0 saturated heterocycles. The Morgan fingerprint density at radius 1 is 1.23 bits per heavy atom. The topological polar surface area (TPSA) is 101 Å². The van der Waals surface area contributed by atoms with Gasteiger partial charge in [0.15, 0.2) is 0 Å². The lowest BCUT2D eigenvalue weighted by molar-refractivity contribution is -0.132. The molecule has 0 unspecified atom stereocenters. The maximum atomic E-state index is 10.8. The molecule has 0 bridgehead atoms. The maximum absolute atomic E-state index is 10.8. The van der Waals surface area contributed by atoms with E-state index in [4.69, 9.17) is 10.8 Å². The summed E-state index contributed by atoms with van der Waals surface area (Å²) in [4.78, 5) is 20.4. The summed E-state index contributed by atoms with van der Waals surface area (Å²) in [5.74, 6) is -0.999. The van der Waals surface area contributed by atoms with Gasteiger partial charge in [-0.25, -0.2) is 4.79 Å². The van der Waals surface area contributed by atoms with Crippen LogP contribution in [0.5, 0.6) is 5.75 Å². The molecule has 1 rings (SSSR count). The van der Waals surface area contributed by atoms with Crippen LogP contribution in [0.15, 0.2) is 35.9 Å². The second kappa shape index (κ2) is 8.67. The maximum Gasteiger partial charge on any atom is 0.330 e. The highest BCUT2D eigenvalue weighted by molar-refractivity contribution is 5.91. The normalized spacial score (nSPS) is 10.5. The highest BCUT2D eigenvalue weighted by atomic mass is 16.4. The Kier molecular flexibility index (Phi) is 7.66. The van der Waals surface area contributed by atoms with E-state index in [1.54, 1.807) is 13.0 Å². The molecule has 0 aliphatic rings. The van der Waals surface area contributed by atoms with Crippen molar-refractivity contribution in [2.24, 2.45) is 5.73 Å². The molecule has 5 heteroatoms. The second-order valence-corrected chi connectivity index (χ2v) is 5.12. The van der Waals surface area contributed by atoms with Crippen molar-refractivity contribution in [1.82, 2.24) is 0 Å². The van der Waals surface area contributed by atoms with Gasteiger partial charge in [0.25, 0.3) is 0 Å². The van der Waals surface area contributed by atoms with Gasteiger partial charge in [0, 0.05) is 11.1 Å². The van der Waals surface area contributed by atoms with E-state index in [0.29, 0.717) is 17.7 Å². The number of aliphatic carboxylic acids is 1. The highest BCUT2D eigenvalue weighted by Crippen LogP contribution is 2.23. The number of amides is 1. The van der Waals surface area contributed by atoms with Crippen molar-refractivity contribution in [3.63, 3.8) is 0 Å². The van der Waals surface area contributed by atoms with Gasteiger partial charge < -0.3 is 15.9 Å². The number of carboxylic acid groups (broad SMARTS) is 1. The fourth-order valence-corrected chi connectivity index (χ4v) is 1.53. The van der Waals surface area contributed by atoms with E-state index in [0.717, 1.165) is 16.7 Å².